The van der Waals surface area contributed by atoms with Crippen LogP contribution in [0.25, 0.3) is 11.2 Å². The van der Waals surface area contributed by atoms with E-state index in [9.17, 15) is 29.4 Å². The SMILES string of the molecule is CNCCCn1cnc2c1ccc[n+]2CC1=C(C(=O)O)N2C(=O)C(NC(=O)/C(=N/OC(C)(C)C(=O)O)c3nc(N)sc3Cl)C2SC1. The summed E-state index contributed by atoms with van der Waals surface area (Å²) in [5.74, 6) is -3.95. The van der Waals surface area contributed by atoms with Crippen LogP contribution in [0, 0.1) is 0 Å². The Morgan fingerprint density at radius 1 is 1.33 bits per heavy atom. The predicted octanol–water partition coefficient (Wildman–Crippen LogP) is 0.648. The second-order valence-electron chi connectivity index (χ2n) is 10.9. The summed E-state index contributed by atoms with van der Waals surface area (Å²) in [4.78, 5) is 65.7. The lowest BCUT2D eigenvalue weighted by Crippen LogP contribution is -2.71. The number of carbonyl (C=O) groups is 4. The molecule has 6 N–H and O–H groups in total. The van der Waals surface area contributed by atoms with Crippen molar-refractivity contribution in [2.75, 3.05) is 25.1 Å². The summed E-state index contributed by atoms with van der Waals surface area (Å²) in [5.41, 5.74) is 5.18. The van der Waals surface area contributed by atoms with Crippen molar-refractivity contribution in [3.05, 3.63) is 46.0 Å². The van der Waals surface area contributed by atoms with Crippen molar-refractivity contribution in [3.8, 4) is 0 Å². The van der Waals surface area contributed by atoms with Gasteiger partial charge in [0, 0.05) is 17.9 Å². The lowest BCUT2D eigenvalue weighted by atomic mass is 10.0. The van der Waals surface area contributed by atoms with E-state index in [1.54, 1.807) is 6.33 Å². The first-order valence-electron chi connectivity index (χ1n) is 13.9. The molecular weight excluding hydrogens is 662 g/mol. The number of fused-ring (bicyclic) bond motifs is 2. The van der Waals surface area contributed by atoms with Crippen LogP contribution in [0.1, 0.15) is 26.0 Å². The number of aromatic nitrogens is 4. The summed E-state index contributed by atoms with van der Waals surface area (Å²) < 4.78 is 3.87. The second kappa shape index (κ2) is 13.2. The number of pyridine rings is 1. The largest absolute Gasteiger partial charge is 0.478 e. The Bertz CT molecular complexity index is 1790. The molecule has 16 nitrogen and oxygen atoms in total. The number of aryl methyl sites for hydroxylation is 1. The van der Waals surface area contributed by atoms with Crippen molar-refractivity contribution in [1.82, 2.24) is 30.1 Å². The van der Waals surface area contributed by atoms with Gasteiger partial charge in [0.25, 0.3) is 11.8 Å². The number of nitrogens with two attached hydrogens (primary N) is 1. The Balaban J connectivity index is 1.37. The van der Waals surface area contributed by atoms with Gasteiger partial charge >= 0.3 is 17.6 Å². The summed E-state index contributed by atoms with van der Waals surface area (Å²) in [7, 11) is 1.89. The minimum Gasteiger partial charge on any atom is -0.478 e. The number of imidazole rings is 1. The number of thioether (sulfide) groups is 1. The summed E-state index contributed by atoms with van der Waals surface area (Å²) in [6, 6.07) is 2.69. The molecule has 19 heteroatoms. The summed E-state index contributed by atoms with van der Waals surface area (Å²) in [6.45, 7) is 4.25. The standard InChI is InChI=1S/C27H30ClN9O7S2/c1-27(2,25(42)43)44-34-16(15-19(28)46-26(29)33-15)21(38)32-17-22(39)37-18(24(40)41)13(11-45-23(17)37)10-35-8-4-6-14-20(35)31-12-36(14)9-5-7-30-3/h4,6,8,12,17,23,30H,5,7,9-11H2,1-3H3,(H4-,29,32,33,38,40,41,42,43)/p+1/b34-16+. The van der Waals surface area contributed by atoms with Gasteiger partial charge in [0.1, 0.15) is 39.2 Å². The lowest BCUT2D eigenvalue weighted by molar-refractivity contribution is -0.664. The Morgan fingerprint density at radius 3 is 2.74 bits per heavy atom. The first-order valence-corrected chi connectivity index (χ1v) is 16.2. The number of hydrogen-bond acceptors (Lipinski definition) is 12. The molecule has 0 spiro atoms. The van der Waals surface area contributed by atoms with Crippen molar-refractivity contribution < 1.29 is 38.8 Å². The Labute approximate surface area is 275 Å². The molecule has 1 fully saturated rings. The number of carbonyl (C=O) groups excluding carboxylic acids is 2. The van der Waals surface area contributed by atoms with E-state index in [1.807, 2.05) is 34.5 Å². The number of nitrogens with one attached hydrogen (secondary N) is 2. The number of hydrogen-bond donors (Lipinski definition) is 5. The molecule has 5 rings (SSSR count). The van der Waals surface area contributed by atoms with Gasteiger partial charge in [-0.15, -0.1) is 11.8 Å². The van der Waals surface area contributed by atoms with Crippen molar-refractivity contribution >= 4 is 80.5 Å². The minimum absolute atomic E-state index is 0.00667. The highest BCUT2D eigenvalue weighted by atomic mass is 35.5. The van der Waals surface area contributed by atoms with Crippen molar-refractivity contribution in [1.29, 1.82) is 0 Å². The number of thiazole rings is 1. The van der Waals surface area contributed by atoms with Gasteiger partial charge in [-0.05, 0) is 51.0 Å². The fourth-order valence-electron chi connectivity index (χ4n) is 4.89. The van der Waals surface area contributed by atoms with Crippen LogP contribution in [0.5, 0.6) is 0 Å². The van der Waals surface area contributed by atoms with E-state index < -0.39 is 46.5 Å². The van der Waals surface area contributed by atoms with Gasteiger partial charge in [0.15, 0.2) is 10.8 Å². The van der Waals surface area contributed by atoms with Crippen LogP contribution < -0.4 is 20.9 Å². The van der Waals surface area contributed by atoms with Crippen LogP contribution in [0.2, 0.25) is 4.34 Å². The molecule has 2 unspecified atom stereocenters. The van der Waals surface area contributed by atoms with E-state index in [0.717, 1.165) is 41.3 Å². The molecule has 46 heavy (non-hydrogen) atoms. The average molecular weight is 693 g/mol. The monoisotopic (exact) mass is 692 g/mol. The number of anilines is 1. The van der Waals surface area contributed by atoms with Gasteiger partial charge in [-0.25, -0.2) is 19.1 Å². The van der Waals surface area contributed by atoms with Crippen molar-refractivity contribution in [3.63, 3.8) is 0 Å². The number of oxime groups is 1. The molecule has 3 aromatic heterocycles. The van der Waals surface area contributed by atoms with E-state index in [-0.39, 0.29) is 33.2 Å². The normalized spacial score (nSPS) is 18.4. The third-order valence-corrected chi connectivity index (χ3v) is 9.72. The number of β-lactam (4-membered cyclic amide) rings is 1. The summed E-state index contributed by atoms with van der Waals surface area (Å²) in [5, 5.41) is 28.3. The Morgan fingerprint density at radius 2 is 2.09 bits per heavy atom. The van der Waals surface area contributed by atoms with Gasteiger partial charge in [-0.3, -0.25) is 14.5 Å². The van der Waals surface area contributed by atoms with Gasteiger partial charge in [-0.1, -0.05) is 28.1 Å². The average Bonchev–Trinajstić information content (AvgIpc) is 3.57. The molecule has 244 valence electrons. The van der Waals surface area contributed by atoms with E-state index in [1.165, 1.54) is 25.6 Å². The van der Waals surface area contributed by atoms with Crippen LogP contribution in [-0.4, -0.2) is 95.5 Å². The molecule has 2 aliphatic rings. The number of amides is 2. The molecule has 2 aliphatic heterocycles. The van der Waals surface area contributed by atoms with E-state index in [0.29, 0.717) is 11.2 Å². The molecule has 0 radical (unpaired) electrons. The highest BCUT2D eigenvalue weighted by molar-refractivity contribution is 8.00. The highest BCUT2D eigenvalue weighted by Crippen LogP contribution is 2.40. The maximum Gasteiger partial charge on any atom is 0.352 e. The first-order chi connectivity index (χ1) is 21.8. The molecule has 0 aliphatic carbocycles. The fraction of sp³-hybridized carbons (Fsp3) is 0.407. The van der Waals surface area contributed by atoms with Crippen LogP contribution in [-0.2, 0) is 37.1 Å². The quantitative estimate of drug-likeness (QED) is 0.0548. The second-order valence-corrected chi connectivity index (χ2v) is 13.6. The number of rotatable bonds is 13. The van der Waals surface area contributed by atoms with Gasteiger partial charge in [-0.2, -0.15) is 0 Å². The highest BCUT2D eigenvalue weighted by Gasteiger charge is 2.54. The third-order valence-electron chi connectivity index (χ3n) is 7.30. The first kappa shape index (κ1) is 33.1. The zero-order chi connectivity index (χ0) is 33.3. The molecule has 2 atom stereocenters. The maximum atomic E-state index is 13.4. The fourth-order valence-corrected chi connectivity index (χ4v) is 7.15. The summed E-state index contributed by atoms with van der Waals surface area (Å²) in [6.07, 6.45) is 4.46. The molecule has 0 bridgehead atoms. The predicted molar refractivity (Wildman–Crippen MR) is 169 cm³/mol. The van der Waals surface area contributed by atoms with E-state index in [2.05, 4.69) is 25.8 Å². The topological polar surface area (TPSA) is 218 Å². The molecule has 3 aromatic rings. The number of carboxylic acid groups (broad SMARTS) is 2. The van der Waals surface area contributed by atoms with Crippen molar-refractivity contribution in [2.24, 2.45) is 5.16 Å². The molecular formula is C27H31ClN9O7S2+. The number of aliphatic carboxylic acids is 2. The minimum atomic E-state index is -1.81. The van der Waals surface area contributed by atoms with Crippen LogP contribution in [0.4, 0.5) is 5.13 Å². The smallest absolute Gasteiger partial charge is 0.352 e. The zero-order valence-corrected chi connectivity index (χ0v) is 27.3. The molecule has 2 amide bonds. The van der Waals surface area contributed by atoms with Crippen LogP contribution in [0.15, 0.2) is 41.1 Å². The molecule has 1 saturated heterocycles. The zero-order valence-electron chi connectivity index (χ0n) is 24.9. The number of nitrogens with zero attached hydrogens (tertiary/aromatic N) is 6. The lowest BCUT2D eigenvalue weighted by Gasteiger charge is -2.49. The molecule has 5 heterocycles. The third kappa shape index (κ3) is 6.37. The maximum absolute atomic E-state index is 13.4. The number of nitrogen functional groups attached to an aromatic ring is 1. The Hall–Kier alpha value is -4.26. The Kier molecular flexibility index (Phi) is 9.52. The van der Waals surface area contributed by atoms with Gasteiger partial charge in [0.05, 0.1) is 6.20 Å². The van der Waals surface area contributed by atoms with Crippen LogP contribution in [0.3, 0.4) is 0 Å². The van der Waals surface area contributed by atoms with E-state index in [4.69, 9.17) is 22.2 Å². The molecule has 0 saturated carbocycles. The number of carboxylic acids is 2. The summed E-state index contributed by atoms with van der Waals surface area (Å²) >= 11 is 8.36. The van der Waals surface area contributed by atoms with Gasteiger partial charge in [0.2, 0.25) is 11.9 Å². The molecule has 0 aromatic carbocycles. The van der Waals surface area contributed by atoms with Crippen molar-refractivity contribution in [2.45, 2.75) is 50.4 Å². The number of halogens is 1. The van der Waals surface area contributed by atoms with Crippen LogP contribution >= 0.6 is 34.7 Å². The van der Waals surface area contributed by atoms with E-state index >= 15 is 0 Å². The van der Waals surface area contributed by atoms with Gasteiger partial charge < -0.3 is 36.0 Å².